The molecule has 0 fully saturated rings. The van der Waals surface area contributed by atoms with Gasteiger partial charge in [0.25, 0.3) is 0 Å². The highest BCUT2D eigenvalue weighted by molar-refractivity contribution is 7.99. The van der Waals surface area contributed by atoms with Gasteiger partial charge in [-0.15, -0.1) is 0 Å². The van der Waals surface area contributed by atoms with Crippen molar-refractivity contribution in [1.29, 1.82) is 0 Å². The summed E-state index contributed by atoms with van der Waals surface area (Å²) in [6, 6.07) is 17.3. The lowest BCUT2D eigenvalue weighted by molar-refractivity contribution is -0.151. The minimum absolute atomic E-state index is 0.238. The lowest BCUT2D eigenvalue weighted by atomic mass is 9.69. The summed E-state index contributed by atoms with van der Waals surface area (Å²) in [5.74, 6) is -0.910. The highest BCUT2D eigenvalue weighted by Crippen LogP contribution is 2.45. The first-order valence-electron chi connectivity index (χ1n) is 13.2. The maximum atomic E-state index is 13.9. The average Bonchev–Trinajstić information content (AvgIpc) is 2.94. The number of Topliss-reactive ketones (excluding diaryl/α,β-unsaturated/α-hetero) is 1. The zero-order chi connectivity index (χ0) is 27.9. The number of nitrogens with one attached hydrogen (secondary N) is 1. The van der Waals surface area contributed by atoms with Crippen molar-refractivity contribution in [3.63, 3.8) is 0 Å². The van der Waals surface area contributed by atoms with E-state index in [1.807, 2.05) is 68.4 Å². The predicted molar refractivity (Wildman–Crippen MR) is 151 cm³/mol. The van der Waals surface area contributed by atoms with E-state index in [4.69, 9.17) is 14.2 Å². The molecule has 1 aliphatic heterocycles. The monoisotopic (exact) mass is 549 g/mol. The number of allylic oxidation sites excluding steroid dienone is 3. The van der Waals surface area contributed by atoms with E-state index in [2.05, 4.69) is 12.2 Å². The van der Waals surface area contributed by atoms with Gasteiger partial charge in [0, 0.05) is 28.6 Å². The molecule has 0 radical (unpaired) electrons. The summed E-state index contributed by atoms with van der Waals surface area (Å²) in [7, 11) is 1.29. The first kappa shape index (κ1) is 28.5. The first-order valence-corrected chi connectivity index (χ1v) is 14.4. The van der Waals surface area contributed by atoms with Crippen LogP contribution in [0.1, 0.15) is 44.2 Å². The second-order valence-electron chi connectivity index (χ2n) is 9.71. The highest BCUT2D eigenvalue weighted by Gasteiger charge is 2.47. The van der Waals surface area contributed by atoms with Gasteiger partial charge in [0.15, 0.2) is 5.78 Å². The topological polar surface area (TPSA) is 90.9 Å². The summed E-state index contributed by atoms with van der Waals surface area (Å²) in [5.41, 5.74) is 3.97. The summed E-state index contributed by atoms with van der Waals surface area (Å²) in [4.78, 5) is 39.9. The van der Waals surface area contributed by atoms with E-state index in [0.717, 1.165) is 22.6 Å². The number of dihydropyridines is 1. The Morgan fingerprint density at radius 2 is 1.79 bits per heavy atom. The van der Waals surface area contributed by atoms with Crippen LogP contribution < -0.4 is 10.1 Å². The number of ketones is 1. The molecule has 0 aromatic heterocycles. The lowest BCUT2D eigenvalue weighted by Gasteiger charge is -2.38. The fraction of sp³-hybridized carbons (Fsp3) is 0.387. The molecule has 0 saturated carbocycles. The Balaban J connectivity index is 1.68. The third-order valence-electron chi connectivity index (χ3n) is 7.09. The van der Waals surface area contributed by atoms with Gasteiger partial charge in [-0.25, -0.2) is 4.79 Å². The van der Waals surface area contributed by atoms with Crippen molar-refractivity contribution in [2.24, 2.45) is 11.8 Å². The molecule has 1 N–H and O–H groups in total. The van der Waals surface area contributed by atoms with Crippen LogP contribution in [0.3, 0.4) is 0 Å². The summed E-state index contributed by atoms with van der Waals surface area (Å²) >= 11 is 1.69. The highest BCUT2D eigenvalue weighted by atomic mass is 32.2. The maximum Gasteiger partial charge on any atom is 0.336 e. The zero-order valence-corrected chi connectivity index (χ0v) is 23.6. The molecule has 1 heterocycles. The van der Waals surface area contributed by atoms with Crippen molar-refractivity contribution < 1.29 is 28.6 Å². The van der Waals surface area contributed by atoms with Gasteiger partial charge in [-0.2, -0.15) is 11.8 Å². The fourth-order valence-electron chi connectivity index (χ4n) is 5.20. The van der Waals surface area contributed by atoms with Gasteiger partial charge in [0.2, 0.25) is 0 Å². The molecule has 0 spiro atoms. The van der Waals surface area contributed by atoms with E-state index in [0.29, 0.717) is 41.4 Å². The average molecular weight is 550 g/mol. The molecule has 0 unspecified atom stereocenters. The van der Waals surface area contributed by atoms with Crippen molar-refractivity contribution in [3.05, 3.63) is 88.3 Å². The van der Waals surface area contributed by atoms with Crippen LogP contribution in [0.15, 0.2) is 77.1 Å². The smallest absolute Gasteiger partial charge is 0.336 e. The molecule has 2 aromatic rings. The quantitative estimate of drug-likeness (QED) is 0.247. The molecule has 2 aromatic carbocycles. The van der Waals surface area contributed by atoms with Gasteiger partial charge in [-0.05, 0) is 48.3 Å². The van der Waals surface area contributed by atoms with Crippen LogP contribution in [0.2, 0.25) is 0 Å². The zero-order valence-electron chi connectivity index (χ0n) is 22.8. The molecule has 8 heteroatoms. The summed E-state index contributed by atoms with van der Waals surface area (Å²) in [6.07, 6.45) is 0.489. The Hall–Kier alpha value is -3.52. The Kier molecular flexibility index (Phi) is 9.51. The van der Waals surface area contributed by atoms with E-state index in [-0.39, 0.29) is 18.3 Å². The van der Waals surface area contributed by atoms with E-state index in [1.165, 1.54) is 7.11 Å². The SMILES string of the molecule is CCSCCOC(=O)C1=C(C)NC2=C(C(=O)[C@H](C(=O)OC)[C@H](C)C2)[C@@H]1c1ccc(OCc2ccccc2)cc1. The van der Waals surface area contributed by atoms with Crippen LogP contribution in [-0.4, -0.2) is 42.9 Å². The number of thioether (sulfide) groups is 1. The maximum absolute atomic E-state index is 13.9. The first-order chi connectivity index (χ1) is 18.8. The third-order valence-corrected chi connectivity index (χ3v) is 7.95. The molecule has 0 saturated heterocycles. The molecular weight excluding hydrogens is 514 g/mol. The van der Waals surface area contributed by atoms with E-state index in [9.17, 15) is 14.4 Å². The molecule has 1 aliphatic carbocycles. The number of methoxy groups -OCH3 is 1. The van der Waals surface area contributed by atoms with Crippen LogP contribution >= 0.6 is 11.8 Å². The lowest BCUT2D eigenvalue weighted by Crippen LogP contribution is -2.43. The third kappa shape index (κ3) is 6.38. The minimum atomic E-state index is -0.928. The normalized spacial score (nSPS) is 20.7. The molecule has 0 bridgehead atoms. The largest absolute Gasteiger partial charge is 0.489 e. The molecule has 7 nitrogen and oxygen atoms in total. The van der Waals surface area contributed by atoms with E-state index < -0.39 is 23.8 Å². The fourth-order valence-corrected chi connectivity index (χ4v) is 5.69. The molecule has 4 rings (SSSR count). The van der Waals surface area contributed by atoms with Crippen LogP contribution in [-0.2, 0) is 30.5 Å². The molecule has 39 heavy (non-hydrogen) atoms. The second kappa shape index (κ2) is 13.0. The van der Waals surface area contributed by atoms with Gasteiger partial charge >= 0.3 is 11.9 Å². The van der Waals surface area contributed by atoms with Crippen molar-refractivity contribution in [3.8, 4) is 5.75 Å². The Morgan fingerprint density at radius 3 is 2.46 bits per heavy atom. The number of esters is 2. The number of ether oxygens (including phenoxy) is 3. The summed E-state index contributed by atoms with van der Waals surface area (Å²) in [6.45, 7) is 6.44. The number of hydrogen-bond donors (Lipinski definition) is 1. The van der Waals surface area contributed by atoms with Crippen molar-refractivity contribution in [1.82, 2.24) is 5.32 Å². The predicted octanol–water partition coefficient (Wildman–Crippen LogP) is 5.17. The summed E-state index contributed by atoms with van der Waals surface area (Å²) < 4.78 is 16.6. The van der Waals surface area contributed by atoms with E-state index >= 15 is 0 Å². The second-order valence-corrected chi connectivity index (χ2v) is 11.1. The van der Waals surface area contributed by atoms with E-state index in [1.54, 1.807) is 11.8 Å². The number of carbonyl (C=O) groups is 3. The Bertz CT molecular complexity index is 1270. The molecule has 3 atom stereocenters. The van der Waals surface area contributed by atoms with Crippen LogP contribution in [0.5, 0.6) is 5.75 Å². The van der Waals surface area contributed by atoms with Crippen LogP contribution in [0.25, 0.3) is 0 Å². The van der Waals surface area contributed by atoms with Crippen molar-refractivity contribution >= 4 is 29.5 Å². The van der Waals surface area contributed by atoms with Gasteiger partial charge < -0.3 is 19.5 Å². The van der Waals surface area contributed by atoms with Gasteiger partial charge in [-0.1, -0.05) is 56.3 Å². The summed E-state index contributed by atoms with van der Waals surface area (Å²) in [5, 5.41) is 3.29. The molecule has 2 aliphatic rings. The van der Waals surface area contributed by atoms with Crippen molar-refractivity contribution in [2.75, 3.05) is 25.2 Å². The Labute approximate surface area is 234 Å². The van der Waals surface area contributed by atoms with Crippen LogP contribution in [0, 0.1) is 11.8 Å². The Morgan fingerprint density at radius 1 is 1.08 bits per heavy atom. The standard InChI is InChI=1S/C31H35NO6S/c1-5-39-16-15-37-31(35)26-20(3)32-24-17-19(2)25(30(34)36-4)29(33)28(24)27(26)22-11-13-23(14-12-22)38-18-21-9-7-6-8-10-21/h6-14,19,25,27,32H,5,15-18H2,1-4H3/t19-,25-,27-/m1/s1. The number of carbonyl (C=O) groups excluding carboxylic acids is 3. The van der Waals surface area contributed by atoms with Gasteiger partial charge in [-0.3, -0.25) is 9.59 Å². The van der Waals surface area contributed by atoms with Gasteiger partial charge in [0.05, 0.1) is 12.7 Å². The molecule has 206 valence electrons. The van der Waals surface area contributed by atoms with Crippen LogP contribution in [0.4, 0.5) is 0 Å². The van der Waals surface area contributed by atoms with Crippen molar-refractivity contribution in [2.45, 2.75) is 39.7 Å². The number of benzene rings is 2. The molecular formula is C31H35NO6S. The number of hydrogen-bond acceptors (Lipinski definition) is 8. The number of rotatable bonds is 10. The van der Waals surface area contributed by atoms with Gasteiger partial charge in [0.1, 0.15) is 24.9 Å². The minimum Gasteiger partial charge on any atom is -0.489 e. The molecule has 0 amide bonds.